The van der Waals surface area contributed by atoms with Crippen LogP contribution in [0.15, 0.2) is 18.2 Å². The van der Waals surface area contributed by atoms with Gasteiger partial charge in [-0.3, -0.25) is 9.52 Å². The first-order valence-electron chi connectivity index (χ1n) is 12.6. The molecule has 34 heavy (non-hydrogen) atoms. The van der Waals surface area contributed by atoms with Crippen molar-refractivity contribution < 1.29 is 22.7 Å². The van der Waals surface area contributed by atoms with Crippen molar-refractivity contribution in [3.8, 4) is 0 Å². The monoisotopic (exact) mass is 491 g/mol. The molecule has 186 valence electrons. The van der Waals surface area contributed by atoms with E-state index in [4.69, 9.17) is 0 Å². The molecule has 1 aromatic rings. The van der Waals surface area contributed by atoms with E-state index in [0.717, 1.165) is 64.2 Å². The van der Waals surface area contributed by atoms with Crippen LogP contribution in [0.1, 0.15) is 51.4 Å². The maximum Gasteiger partial charge on any atom is 0.231 e. The molecule has 2 heterocycles. The number of carbonyl (C=O) groups excluding carboxylic acids is 1. The van der Waals surface area contributed by atoms with Crippen LogP contribution in [-0.2, 0) is 14.8 Å². The first-order chi connectivity index (χ1) is 16.1. The quantitative estimate of drug-likeness (QED) is 0.676. The molecular formula is C25H34FN3O4S. The van der Waals surface area contributed by atoms with E-state index in [0.29, 0.717) is 36.5 Å². The second kappa shape index (κ2) is 7.56. The van der Waals surface area contributed by atoms with Crippen molar-refractivity contribution in [3.63, 3.8) is 0 Å². The highest BCUT2D eigenvalue weighted by atomic mass is 32.2. The molecule has 9 heteroatoms. The molecule has 2 saturated heterocycles. The van der Waals surface area contributed by atoms with Crippen LogP contribution in [0.3, 0.4) is 0 Å². The maximum atomic E-state index is 15.0. The van der Waals surface area contributed by atoms with Crippen LogP contribution >= 0.6 is 0 Å². The number of benzene rings is 1. The van der Waals surface area contributed by atoms with E-state index in [-0.39, 0.29) is 23.2 Å². The van der Waals surface area contributed by atoms with Gasteiger partial charge in [0.05, 0.1) is 29.1 Å². The average molecular weight is 492 g/mol. The van der Waals surface area contributed by atoms with Crippen molar-refractivity contribution in [1.29, 1.82) is 0 Å². The fraction of sp³-hybridized carbons (Fsp3) is 0.720. The summed E-state index contributed by atoms with van der Waals surface area (Å²) in [6, 6.07) is 4.39. The zero-order chi connectivity index (χ0) is 23.9. The summed E-state index contributed by atoms with van der Waals surface area (Å²) < 4.78 is 40.3. The summed E-state index contributed by atoms with van der Waals surface area (Å²) in [5.41, 5.74) is 0.0314. The van der Waals surface area contributed by atoms with Crippen LogP contribution in [0, 0.1) is 29.0 Å². The molecule has 2 N–H and O–H groups in total. The van der Waals surface area contributed by atoms with Crippen LogP contribution in [0.25, 0.3) is 0 Å². The molecule has 0 radical (unpaired) electrons. The number of piperidine rings is 1. The Hall–Kier alpha value is -1.87. The highest BCUT2D eigenvalue weighted by Crippen LogP contribution is 2.59. The van der Waals surface area contributed by atoms with Crippen molar-refractivity contribution in [1.82, 2.24) is 4.90 Å². The number of hydrogen-bond donors (Lipinski definition) is 2. The fourth-order valence-electron chi connectivity index (χ4n) is 8.32. The summed E-state index contributed by atoms with van der Waals surface area (Å²) in [5, 5.41) is 10.7. The lowest BCUT2D eigenvalue weighted by atomic mass is 9.51. The number of sulfonamides is 1. The van der Waals surface area contributed by atoms with E-state index in [1.165, 1.54) is 6.07 Å². The van der Waals surface area contributed by atoms with Gasteiger partial charge in [-0.2, -0.15) is 0 Å². The van der Waals surface area contributed by atoms with Crippen LogP contribution < -0.4 is 9.62 Å². The van der Waals surface area contributed by atoms with Crippen LogP contribution in [-0.4, -0.2) is 61.9 Å². The Bertz CT molecular complexity index is 1110. The third kappa shape index (κ3) is 3.53. The van der Waals surface area contributed by atoms with Gasteiger partial charge in [0.1, 0.15) is 5.82 Å². The molecule has 1 spiro atoms. The van der Waals surface area contributed by atoms with Crippen molar-refractivity contribution >= 4 is 27.3 Å². The Kier molecular flexibility index (Phi) is 5.02. The molecule has 4 saturated carbocycles. The van der Waals surface area contributed by atoms with Gasteiger partial charge < -0.3 is 14.9 Å². The molecule has 2 aliphatic heterocycles. The maximum absolute atomic E-state index is 15.0. The number of nitrogens with one attached hydrogen (secondary N) is 1. The third-order valence-corrected chi connectivity index (χ3v) is 10.1. The highest BCUT2D eigenvalue weighted by Gasteiger charge is 2.62. The molecule has 1 aromatic carbocycles. The predicted octanol–water partition coefficient (Wildman–Crippen LogP) is 2.96. The van der Waals surface area contributed by atoms with E-state index < -0.39 is 21.3 Å². The molecule has 7 nitrogen and oxygen atoms in total. The number of amides is 1. The summed E-state index contributed by atoms with van der Waals surface area (Å²) in [7, 11) is -3.48. The Morgan fingerprint density at radius 2 is 1.85 bits per heavy atom. The van der Waals surface area contributed by atoms with Crippen molar-refractivity contribution in [2.24, 2.45) is 23.2 Å². The number of halogens is 1. The van der Waals surface area contributed by atoms with Gasteiger partial charge in [0.15, 0.2) is 0 Å². The van der Waals surface area contributed by atoms with E-state index in [2.05, 4.69) is 9.62 Å². The number of hydrogen-bond acceptors (Lipinski definition) is 5. The number of aliphatic hydroxyl groups excluding tert-OH is 1. The molecule has 7 rings (SSSR count). The largest absolute Gasteiger partial charge is 0.393 e. The Morgan fingerprint density at radius 3 is 2.53 bits per heavy atom. The lowest BCUT2D eigenvalue weighted by molar-refractivity contribution is -0.167. The summed E-state index contributed by atoms with van der Waals surface area (Å²) in [5.74, 6) is 1.02. The number of nitrogens with zero attached hydrogens (tertiary/aromatic N) is 2. The summed E-state index contributed by atoms with van der Waals surface area (Å²) >= 11 is 0. The Balaban J connectivity index is 1.22. The second-order valence-corrected chi connectivity index (χ2v) is 13.5. The van der Waals surface area contributed by atoms with Gasteiger partial charge >= 0.3 is 0 Å². The van der Waals surface area contributed by atoms with Gasteiger partial charge in [0.2, 0.25) is 15.9 Å². The second-order valence-electron chi connectivity index (χ2n) is 11.7. The zero-order valence-corrected chi connectivity index (χ0v) is 20.5. The fourth-order valence-corrected chi connectivity index (χ4v) is 8.87. The minimum Gasteiger partial charge on any atom is -0.393 e. The van der Waals surface area contributed by atoms with Gasteiger partial charge in [-0.05, 0) is 81.3 Å². The molecule has 0 aromatic heterocycles. The van der Waals surface area contributed by atoms with Crippen molar-refractivity contribution in [3.05, 3.63) is 24.0 Å². The Morgan fingerprint density at radius 1 is 1.12 bits per heavy atom. The lowest BCUT2D eigenvalue weighted by Gasteiger charge is -2.61. The number of rotatable bonds is 4. The molecule has 4 bridgehead atoms. The van der Waals surface area contributed by atoms with Crippen LogP contribution in [0.5, 0.6) is 0 Å². The number of anilines is 2. The zero-order valence-electron chi connectivity index (χ0n) is 19.7. The van der Waals surface area contributed by atoms with Crippen LogP contribution in [0.4, 0.5) is 15.8 Å². The van der Waals surface area contributed by atoms with E-state index >= 15 is 4.39 Å². The number of carbonyl (C=O) groups is 1. The van der Waals surface area contributed by atoms with Gasteiger partial charge in [0.25, 0.3) is 0 Å². The van der Waals surface area contributed by atoms with E-state index in [1.807, 2.05) is 4.90 Å². The molecule has 4 aliphatic carbocycles. The van der Waals surface area contributed by atoms with Crippen molar-refractivity contribution in [2.75, 3.05) is 35.5 Å². The van der Waals surface area contributed by atoms with E-state index in [9.17, 15) is 18.3 Å². The lowest BCUT2D eigenvalue weighted by Crippen LogP contribution is -2.65. The molecule has 3 atom stereocenters. The van der Waals surface area contributed by atoms with Gasteiger partial charge in [-0.15, -0.1) is 0 Å². The minimum atomic E-state index is -3.48. The normalized spacial score (nSPS) is 39.3. The summed E-state index contributed by atoms with van der Waals surface area (Å²) in [6.07, 6.45) is 8.40. The topological polar surface area (TPSA) is 90.0 Å². The van der Waals surface area contributed by atoms with Crippen LogP contribution in [0.2, 0.25) is 0 Å². The van der Waals surface area contributed by atoms with Crippen molar-refractivity contribution in [2.45, 2.75) is 63.0 Å². The molecule has 1 amide bonds. The van der Waals surface area contributed by atoms with Gasteiger partial charge in [-0.25, -0.2) is 12.8 Å². The molecule has 3 unspecified atom stereocenters. The standard InChI is InChI=1S/C25H34FN3O4S/c1-34(32,33)27-19-3-4-21(20(26)11-19)28-7-2-5-24(15-28)6-8-29(23(24)31)25-12-16-9-17(13-25)22(30)18(10-16)14-25/h3-4,11,16-18,22,27,30H,2,5-10,12-15H2,1H3. The summed E-state index contributed by atoms with van der Waals surface area (Å²) in [4.78, 5) is 18.2. The average Bonchev–Trinajstić information content (AvgIpc) is 3.06. The minimum absolute atomic E-state index is 0.0944. The smallest absolute Gasteiger partial charge is 0.231 e. The SMILES string of the molecule is CS(=O)(=O)Nc1ccc(N2CCCC3(CCN(C45CC6CC(C4)C(O)C(C6)C5)C3=O)C2)c(F)c1. The van der Waals surface area contributed by atoms with E-state index in [1.54, 1.807) is 12.1 Å². The molecular weight excluding hydrogens is 457 g/mol. The Labute approximate surface area is 200 Å². The van der Waals surface area contributed by atoms with Gasteiger partial charge in [0, 0.05) is 31.2 Å². The highest BCUT2D eigenvalue weighted by molar-refractivity contribution is 7.92. The molecule has 6 aliphatic rings. The first kappa shape index (κ1) is 22.6. The third-order valence-electron chi connectivity index (χ3n) is 9.44. The van der Waals surface area contributed by atoms with Gasteiger partial charge in [-0.1, -0.05) is 0 Å². The summed E-state index contributed by atoms with van der Waals surface area (Å²) in [6.45, 7) is 1.93. The first-order valence-corrected chi connectivity index (χ1v) is 14.5. The predicted molar refractivity (Wildman–Crippen MR) is 127 cm³/mol. The molecule has 6 fully saturated rings. The number of aliphatic hydroxyl groups is 1. The number of likely N-dealkylation sites (tertiary alicyclic amines) is 1.